The van der Waals surface area contributed by atoms with E-state index in [9.17, 15) is 19.2 Å². The summed E-state index contributed by atoms with van der Waals surface area (Å²) in [4.78, 5) is 40.4. The molecule has 2 heterocycles. The first kappa shape index (κ1) is 24.7. The van der Waals surface area contributed by atoms with Crippen molar-refractivity contribution >= 4 is 23.8 Å². The third-order valence-corrected chi connectivity index (χ3v) is 3.78. The zero-order valence-electron chi connectivity index (χ0n) is 14.8. The summed E-state index contributed by atoms with van der Waals surface area (Å²) in [7, 11) is 0. The number of aliphatic carboxylic acids is 3. The number of β-amino-alcohol motifs (C(OH)–C–C–N with tert-alkyl or cyclic N) is 1. The molecule has 0 saturated carbocycles. The standard InChI is InChI=1S/C5H10N2O3.C5H9NO3.C5H9NO2/c6-3(5(9)10)1-2-4(7)8;7-3-1-4(5(8)9)6-2-3;7-5(8)4-2-1-3-6-4/h3H,1-2,6H2,(H2,7,8)(H,9,10);3-4,6-7H,1-2H2,(H,8,9);4,6H,1-3H2,(H,7,8)/t;3-,4+;4-/m.10/s1. The molecule has 27 heavy (non-hydrogen) atoms. The molecule has 0 aromatic rings. The summed E-state index contributed by atoms with van der Waals surface area (Å²) in [5.41, 5.74) is 9.81. The highest BCUT2D eigenvalue weighted by molar-refractivity contribution is 5.77. The van der Waals surface area contributed by atoms with Crippen molar-refractivity contribution in [3.8, 4) is 0 Å². The molecule has 1 amide bonds. The van der Waals surface area contributed by atoms with E-state index in [1.807, 2.05) is 0 Å². The van der Waals surface area contributed by atoms with Crippen LogP contribution in [0.3, 0.4) is 0 Å². The molecule has 2 rings (SSSR count). The monoisotopic (exact) mass is 392 g/mol. The SMILES string of the molecule is NC(=O)CCC(N)C(=O)O.O=C(O)[C@@H]1CCCN1.O=C(O)[C@@H]1C[C@@H](O)CN1. The Morgan fingerprint density at radius 3 is 1.89 bits per heavy atom. The number of rotatable bonds is 6. The lowest BCUT2D eigenvalue weighted by atomic mass is 10.2. The second kappa shape index (κ2) is 13.0. The van der Waals surface area contributed by atoms with Gasteiger partial charge >= 0.3 is 17.9 Å². The molecule has 0 spiro atoms. The quantitative estimate of drug-likeness (QED) is 0.232. The van der Waals surface area contributed by atoms with Gasteiger partial charge < -0.3 is 42.5 Å². The van der Waals surface area contributed by atoms with Gasteiger partial charge in [-0.1, -0.05) is 0 Å². The molecule has 12 heteroatoms. The Hall–Kier alpha value is -2.28. The van der Waals surface area contributed by atoms with Crippen molar-refractivity contribution in [1.82, 2.24) is 10.6 Å². The first-order valence-electron chi connectivity index (χ1n) is 8.41. The van der Waals surface area contributed by atoms with E-state index in [2.05, 4.69) is 10.6 Å². The fraction of sp³-hybridized carbons (Fsp3) is 0.733. The third-order valence-electron chi connectivity index (χ3n) is 3.78. The third kappa shape index (κ3) is 11.9. The summed E-state index contributed by atoms with van der Waals surface area (Å²) >= 11 is 0. The van der Waals surface area contributed by atoms with Crippen LogP contribution < -0.4 is 22.1 Å². The lowest BCUT2D eigenvalue weighted by molar-refractivity contribution is -0.140. The minimum Gasteiger partial charge on any atom is -0.480 e. The number of carbonyl (C=O) groups is 4. The molecule has 0 radical (unpaired) electrons. The molecule has 1 unspecified atom stereocenters. The predicted molar refractivity (Wildman–Crippen MR) is 92.8 cm³/mol. The van der Waals surface area contributed by atoms with Crippen LogP contribution in [0, 0.1) is 0 Å². The fourth-order valence-corrected chi connectivity index (χ4v) is 2.22. The van der Waals surface area contributed by atoms with Crippen molar-refractivity contribution in [2.24, 2.45) is 11.5 Å². The smallest absolute Gasteiger partial charge is 0.320 e. The lowest BCUT2D eigenvalue weighted by Gasteiger charge is -2.01. The number of hydrogen-bond donors (Lipinski definition) is 8. The van der Waals surface area contributed by atoms with E-state index < -0.39 is 42.0 Å². The Kier molecular flexibility index (Phi) is 11.9. The second-order valence-electron chi connectivity index (χ2n) is 6.13. The molecule has 2 saturated heterocycles. The maximum absolute atomic E-state index is 10.2. The number of nitrogens with two attached hydrogens (primary N) is 2. The number of aliphatic hydroxyl groups excluding tert-OH is 1. The molecular formula is C15H28N4O8. The van der Waals surface area contributed by atoms with E-state index in [1.165, 1.54) is 0 Å². The van der Waals surface area contributed by atoms with Crippen LogP contribution in [0.4, 0.5) is 0 Å². The number of carbonyl (C=O) groups excluding carboxylic acids is 1. The van der Waals surface area contributed by atoms with Crippen LogP contribution in [0.1, 0.15) is 32.1 Å². The van der Waals surface area contributed by atoms with Crippen LogP contribution in [0.25, 0.3) is 0 Å². The van der Waals surface area contributed by atoms with Gasteiger partial charge in [0.1, 0.15) is 18.1 Å². The Bertz CT molecular complexity index is 510. The van der Waals surface area contributed by atoms with Gasteiger partial charge in [-0.05, 0) is 25.8 Å². The highest BCUT2D eigenvalue weighted by Crippen LogP contribution is 2.05. The van der Waals surface area contributed by atoms with Crippen molar-refractivity contribution in [3.05, 3.63) is 0 Å². The minimum atomic E-state index is -1.11. The zero-order valence-corrected chi connectivity index (χ0v) is 14.8. The fourth-order valence-electron chi connectivity index (χ4n) is 2.22. The molecule has 0 aromatic heterocycles. The van der Waals surface area contributed by atoms with Gasteiger partial charge in [-0.3, -0.25) is 19.2 Å². The van der Waals surface area contributed by atoms with Gasteiger partial charge in [0.2, 0.25) is 5.91 Å². The van der Waals surface area contributed by atoms with Crippen LogP contribution in [-0.2, 0) is 19.2 Å². The van der Waals surface area contributed by atoms with Crippen LogP contribution in [0.15, 0.2) is 0 Å². The highest BCUT2D eigenvalue weighted by Gasteiger charge is 2.27. The normalized spacial score (nSPS) is 24.6. The number of primary amides is 1. The van der Waals surface area contributed by atoms with Crippen molar-refractivity contribution < 1.29 is 39.6 Å². The molecule has 0 aromatic carbocycles. The Morgan fingerprint density at radius 1 is 1.04 bits per heavy atom. The maximum Gasteiger partial charge on any atom is 0.320 e. The van der Waals surface area contributed by atoms with Gasteiger partial charge in [-0.2, -0.15) is 0 Å². The molecule has 0 bridgehead atoms. The van der Waals surface area contributed by atoms with Crippen LogP contribution in [0.2, 0.25) is 0 Å². The van der Waals surface area contributed by atoms with E-state index in [4.69, 9.17) is 31.9 Å². The van der Waals surface area contributed by atoms with Gasteiger partial charge in [-0.25, -0.2) is 0 Å². The summed E-state index contributed by atoms with van der Waals surface area (Å²) in [6.45, 7) is 1.26. The highest BCUT2D eigenvalue weighted by atomic mass is 16.4. The van der Waals surface area contributed by atoms with E-state index >= 15 is 0 Å². The first-order chi connectivity index (χ1) is 12.5. The van der Waals surface area contributed by atoms with Crippen LogP contribution in [-0.4, -0.2) is 81.6 Å². The second-order valence-corrected chi connectivity index (χ2v) is 6.13. The van der Waals surface area contributed by atoms with Crippen molar-refractivity contribution in [1.29, 1.82) is 0 Å². The molecule has 2 aliphatic heterocycles. The molecule has 0 aliphatic carbocycles. The summed E-state index contributed by atoms with van der Waals surface area (Å²) < 4.78 is 0. The number of hydrogen-bond acceptors (Lipinski definition) is 8. The average molecular weight is 392 g/mol. The van der Waals surface area contributed by atoms with Gasteiger partial charge in [-0.15, -0.1) is 0 Å². The Labute approximate surface area is 155 Å². The molecule has 2 aliphatic rings. The van der Waals surface area contributed by atoms with Gasteiger partial charge in [0.25, 0.3) is 0 Å². The summed E-state index contributed by atoms with van der Waals surface area (Å²) in [6, 6.07) is -1.79. The van der Waals surface area contributed by atoms with Crippen molar-refractivity contribution in [2.75, 3.05) is 13.1 Å². The molecule has 10 N–H and O–H groups in total. The number of nitrogens with one attached hydrogen (secondary N) is 2. The van der Waals surface area contributed by atoms with Gasteiger partial charge in [0, 0.05) is 19.4 Å². The topological polar surface area (TPSA) is 225 Å². The molecular weight excluding hydrogens is 364 g/mol. The minimum absolute atomic E-state index is 0.0213. The molecule has 156 valence electrons. The maximum atomic E-state index is 10.2. The Morgan fingerprint density at radius 2 is 1.63 bits per heavy atom. The molecule has 12 nitrogen and oxygen atoms in total. The first-order valence-corrected chi connectivity index (χ1v) is 8.41. The number of amides is 1. The molecule has 4 atom stereocenters. The summed E-state index contributed by atoms with van der Waals surface area (Å²) in [6.07, 6.45) is 1.76. The van der Waals surface area contributed by atoms with Gasteiger partial charge in [0.15, 0.2) is 0 Å². The molecule has 2 fully saturated rings. The van der Waals surface area contributed by atoms with E-state index in [0.717, 1.165) is 19.4 Å². The predicted octanol–water partition coefficient (Wildman–Crippen LogP) is -2.72. The van der Waals surface area contributed by atoms with Crippen LogP contribution in [0.5, 0.6) is 0 Å². The lowest BCUT2D eigenvalue weighted by Crippen LogP contribution is -2.31. The number of carboxylic acids is 3. The number of carboxylic acid groups (broad SMARTS) is 3. The average Bonchev–Trinajstić information content (AvgIpc) is 3.25. The van der Waals surface area contributed by atoms with Crippen molar-refractivity contribution in [3.63, 3.8) is 0 Å². The summed E-state index contributed by atoms with van der Waals surface area (Å²) in [5, 5.41) is 39.3. The zero-order chi connectivity index (χ0) is 21.0. The largest absolute Gasteiger partial charge is 0.480 e. The van der Waals surface area contributed by atoms with E-state index in [1.54, 1.807) is 0 Å². The van der Waals surface area contributed by atoms with Crippen LogP contribution >= 0.6 is 0 Å². The van der Waals surface area contributed by atoms with Gasteiger partial charge in [0.05, 0.1) is 6.10 Å². The van der Waals surface area contributed by atoms with Crippen molar-refractivity contribution in [2.45, 2.75) is 56.3 Å². The van der Waals surface area contributed by atoms with E-state index in [-0.39, 0.29) is 18.9 Å². The number of aliphatic hydroxyl groups is 1. The Balaban J connectivity index is 0.000000377. The van der Waals surface area contributed by atoms with E-state index in [0.29, 0.717) is 13.0 Å². The summed E-state index contributed by atoms with van der Waals surface area (Å²) in [5.74, 6) is -3.24.